The fourth-order valence-corrected chi connectivity index (χ4v) is 3.01. The van der Waals surface area contributed by atoms with E-state index in [1.165, 1.54) is 0 Å². The second-order valence-electron chi connectivity index (χ2n) is 7.61. The molecular weight excluding hydrogens is 336 g/mol. The third-order valence-corrected chi connectivity index (χ3v) is 4.57. The molecule has 0 aromatic heterocycles. The zero-order valence-electron chi connectivity index (χ0n) is 16.9. The Morgan fingerprint density at radius 3 is 1.93 bits per heavy atom. The van der Waals surface area contributed by atoms with Crippen LogP contribution in [-0.4, -0.2) is 18.4 Å². The highest BCUT2D eigenvalue weighted by molar-refractivity contribution is 5.96. The van der Waals surface area contributed by atoms with E-state index in [9.17, 15) is 9.59 Å². The zero-order valence-corrected chi connectivity index (χ0v) is 16.9. The summed E-state index contributed by atoms with van der Waals surface area (Å²) in [5.74, 6) is 0.239. The summed E-state index contributed by atoms with van der Waals surface area (Å²) < 4.78 is 0. The van der Waals surface area contributed by atoms with Gasteiger partial charge in [-0.05, 0) is 35.4 Å². The largest absolute Gasteiger partial charge is 0.347 e. The van der Waals surface area contributed by atoms with Crippen LogP contribution in [0, 0.1) is 6.92 Å². The second kappa shape index (κ2) is 9.36. The highest BCUT2D eigenvalue weighted by atomic mass is 16.2. The molecule has 0 aliphatic heterocycles. The van der Waals surface area contributed by atoms with Gasteiger partial charge in [0.2, 0.25) is 11.8 Å². The predicted molar refractivity (Wildman–Crippen MR) is 111 cm³/mol. The maximum absolute atomic E-state index is 12.4. The molecule has 0 atom stereocenters. The van der Waals surface area contributed by atoms with Gasteiger partial charge in [0.05, 0.1) is 13.0 Å². The first-order chi connectivity index (χ1) is 12.8. The molecule has 4 heteroatoms. The Balaban J connectivity index is 1.99. The van der Waals surface area contributed by atoms with Crippen LogP contribution in [-0.2, 0) is 16.0 Å². The molecule has 0 radical (unpaired) electrons. The minimum atomic E-state index is -0.206. The van der Waals surface area contributed by atoms with Crippen molar-refractivity contribution in [3.63, 3.8) is 0 Å². The van der Waals surface area contributed by atoms with Crippen molar-refractivity contribution in [2.45, 2.75) is 52.9 Å². The fourth-order valence-electron chi connectivity index (χ4n) is 3.01. The van der Waals surface area contributed by atoms with Crippen LogP contribution in [0.15, 0.2) is 42.5 Å². The molecule has 0 aliphatic carbocycles. The van der Waals surface area contributed by atoms with Gasteiger partial charge in [-0.1, -0.05) is 75.7 Å². The van der Waals surface area contributed by atoms with Crippen molar-refractivity contribution >= 4 is 17.5 Å². The van der Waals surface area contributed by atoms with Crippen LogP contribution in [0.4, 0.5) is 5.69 Å². The summed E-state index contributed by atoms with van der Waals surface area (Å²) in [4.78, 5) is 24.6. The Hall–Kier alpha value is -2.62. The van der Waals surface area contributed by atoms with Crippen molar-refractivity contribution in [3.05, 3.63) is 64.7 Å². The maximum atomic E-state index is 12.4. The lowest BCUT2D eigenvalue weighted by Crippen LogP contribution is -2.34. The maximum Gasteiger partial charge on any atom is 0.243 e. The van der Waals surface area contributed by atoms with Crippen molar-refractivity contribution in [2.24, 2.45) is 0 Å². The van der Waals surface area contributed by atoms with Gasteiger partial charge < -0.3 is 10.6 Å². The molecule has 2 aromatic rings. The number of hydrogen-bond donors (Lipinski definition) is 2. The number of hydrogen-bond acceptors (Lipinski definition) is 2. The molecule has 144 valence electrons. The molecule has 0 unspecified atom stereocenters. The summed E-state index contributed by atoms with van der Waals surface area (Å²) in [6, 6.07) is 13.9. The lowest BCUT2D eigenvalue weighted by atomic mass is 9.92. The molecule has 0 spiro atoms. The Kier molecular flexibility index (Phi) is 7.17. The number of benzene rings is 2. The third kappa shape index (κ3) is 5.95. The Labute approximate surface area is 162 Å². The van der Waals surface area contributed by atoms with E-state index in [1.54, 1.807) is 0 Å². The van der Waals surface area contributed by atoms with E-state index >= 15 is 0 Å². The lowest BCUT2D eigenvalue weighted by molar-refractivity contribution is -0.123. The first-order valence-corrected chi connectivity index (χ1v) is 9.52. The van der Waals surface area contributed by atoms with Crippen LogP contribution in [0.2, 0.25) is 0 Å². The average molecular weight is 367 g/mol. The van der Waals surface area contributed by atoms with E-state index in [4.69, 9.17) is 0 Å². The van der Waals surface area contributed by atoms with E-state index in [1.807, 2.05) is 49.4 Å². The van der Waals surface area contributed by atoms with Crippen molar-refractivity contribution in [1.82, 2.24) is 5.32 Å². The highest BCUT2D eigenvalue weighted by Crippen LogP contribution is 2.32. The van der Waals surface area contributed by atoms with Crippen molar-refractivity contribution in [2.75, 3.05) is 11.9 Å². The van der Waals surface area contributed by atoms with Crippen LogP contribution in [0.1, 0.15) is 61.8 Å². The van der Waals surface area contributed by atoms with Crippen molar-refractivity contribution < 1.29 is 9.59 Å². The average Bonchev–Trinajstić information content (AvgIpc) is 2.61. The number of para-hydroxylation sites is 1. The molecule has 27 heavy (non-hydrogen) atoms. The lowest BCUT2D eigenvalue weighted by Gasteiger charge is -2.20. The van der Waals surface area contributed by atoms with Gasteiger partial charge in [-0.3, -0.25) is 9.59 Å². The molecular formula is C23H30N2O2. The summed E-state index contributed by atoms with van der Waals surface area (Å²) in [7, 11) is 0. The SMILES string of the molecule is Cc1ccc(CC(=O)NCC(=O)Nc2c(C(C)C)cccc2C(C)C)cc1. The minimum absolute atomic E-state index is 0.0331. The van der Waals surface area contributed by atoms with Gasteiger partial charge in [-0.25, -0.2) is 0 Å². The molecule has 2 amide bonds. The molecule has 0 fully saturated rings. The second-order valence-corrected chi connectivity index (χ2v) is 7.61. The number of nitrogens with one attached hydrogen (secondary N) is 2. The topological polar surface area (TPSA) is 58.2 Å². The molecule has 0 saturated carbocycles. The summed E-state index contributed by atoms with van der Waals surface area (Å²) in [5.41, 5.74) is 5.19. The van der Waals surface area contributed by atoms with Crippen LogP contribution >= 0.6 is 0 Å². The summed E-state index contributed by atoms with van der Waals surface area (Å²) in [5, 5.41) is 5.73. The van der Waals surface area contributed by atoms with Gasteiger partial charge in [0.15, 0.2) is 0 Å². The molecule has 0 aliphatic rings. The quantitative estimate of drug-likeness (QED) is 0.756. The monoisotopic (exact) mass is 366 g/mol. The molecule has 4 nitrogen and oxygen atoms in total. The van der Waals surface area contributed by atoms with Gasteiger partial charge in [0, 0.05) is 5.69 Å². The molecule has 0 heterocycles. The molecule has 2 N–H and O–H groups in total. The molecule has 2 rings (SSSR count). The van der Waals surface area contributed by atoms with E-state index in [0.29, 0.717) is 11.8 Å². The number of carbonyl (C=O) groups is 2. The number of aryl methyl sites for hydroxylation is 1. The van der Waals surface area contributed by atoms with Crippen LogP contribution < -0.4 is 10.6 Å². The van der Waals surface area contributed by atoms with E-state index in [2.05, 4.69) is 38.3 Å². The van der Waals surface area contributed by atoms with Crippen molar-refractivity contribution in [1.29, 1.82) is 0 Å². The van der Waals surface area contributed by atoms with Crippen molar-refractivity contribution in [3.8, 4) is 0 Å². The standard InChI is InChI=1S/C23H30N2O2/c1-15(2)19-7-6-8-20(16(3)4)23(19)25-22(27)14-24-21(26)13-18-11-9-17(5)10-12-18/h6-12,15-16H,13-14H2,1-5H3,(H,24,26)(H,25,27). The molecule has 0 saturated heterocycles. The normalized spacial score (nSPS) is 10.9. The smallest absolute Gasteiger partial charge is 0.243 e. The van der Waals surface area contributed by atoms with E-state index in [0.717, 1.165) is 27.9 Å². The Bertz CT molecular complexity index is 766. The number of anilines is 1. The number of rotatable bonds is 7. The first kappa shape index (κ1) is 20.7. The summed E-state index contributed by atoms with van der Waals surface area (Å²) in [6.45, 7) is 10.4. The molecule has 0 bridgehead atoms. The highest BCUT2D eigenvalue weighted by Gasteiger charge is 2.16. The van der Waals surface area contributed by atoms with Crippen LogP contribution in [0.3, 0.4) is 0 Å². The van der Waals surface area contributed by atoms with Gasteiger partial charge >= 0.3 is 0 Å². The van der Waals surface area contributed by atoms with E-state index in [-0.39, 0.29) is 24.8 Å². The summed E-state index contributed by atoms with van der Waals surface area (Å²) >= 11 is 0. The van der Waals surface area contributed by atoms with Gasteiger partial charge in [0.25, 0.3) is 0 Å². The van der Waals surface area contributed by atoms with Gasteiger partial charge in [-0.15, -0.1) is 0 Å². The first-order valence-electron chi connectivity index (χ1n) is 9.52. The zero-order chi connectivity index (χ0) is 20.0. The Morgan fingerprint density at radius 1 is 0.852 bits per heavy atom. The minimum Gasteiger partial charge on any atom is -0.347 e. The van der Waals surface area contributed by atoms with Crippen LogP contribution in [0.5, 0.6) is 0 Å². The van der Waals surface area contributed by atoms with Gasteiger partial charge in [0.1, 0.15) is 0 Å². The predicted octanol–water partition coefficient (Wildman–Crippen LogP) is 4.54. The number of carbonyl (C=O) groups excluding carboxylic acids is 2. The third-order valence-electron chi connectivity index (χ3n) is 4.57. The Morgan fingerprint density at radius 2 is 1.41 bits per heavy atom. The summed E-state index contributed by atoms with van der Waals surface area (Å²) in [6.07, 6.45) is 0.271. The van der Waals surface area contributed by atoms with Gasteiger partial charge in [-0.2, -0.15) is 0 Å². The molecule has 2 aromatic carbocycles. The van der Waals surface area contributed by atoms with E-state index < -0.39 is 0 Å². The fraction of sp³-hybridized carbons (Fsp3) is 0.391. The number of amides is 2. The van der Waals surface area contributed by atoms with Crippen LogP contribution in [0.25, 0.3) is 0 Å².